The summed E-state index contributed by atoms with van der Waals surface area (Å²) in [5.41, 5.74) is 12.0. The zero-order valence-corrected chi connectivity index (χ0v) is 40.0. The van der Waals surface area contributed by atoms with Gasteiger partial charge in [-0.2, -0.15) is 0 Å². The molecule has 0 aromatic carbocycles. The molecule has 24 heteroatoms. The number of hydrogen-bond acceptors (Lipinski definition) is 14. The molecule has 0 aliphatic rings. The fourth-order valence-electron chi connectivity index (χ4n) is 6.64. The number of nitrogens with two attached hydrogens (primary N) is 2. The van der Waals surface area contributed by atoms with Crippen molar-refractivity contribution < 1.29 is 58.5 Å². The van der Waals surface area contributed by atoms with Crippen LogP contribution in [0.1, 0.15) is 99.6 Å². The summed E-state index contributed by atoms with van der Waals surface area (Å²) >= 11 is 0. The highest BCUT2D eigenvalue weighted by atomic mass is 16.4. The molecule has 0 bridgehead atoms. The van der Waals surface area contributed by atoms with Gasteiger partial charge in [0, 0.05) is 18.3 Å². The summed E-state index contributed by atoms with van der Waals surface area (Å²) in [6, 6.07) is -10.4. The molecule has 0 saturated carbocycles. The van der Waals surface area contributed by atoms with Gasteiger partial charge in [-0.25, -0.2) is 9.78 Å². The summed E-state index contributed by atoms with van der Waals surface area (Å²) in [5.74, 6) is -8.80. The molecule has 0 fully saturated rings. The van der Waals surface area contributed by atoms with Gasteiger partial charge in [-0.3, -0.25) is 38.4 Å². The van der Waals surface area contributed by atoms with E-state index in [0.717, 1.165) is 0 Å². The van der Waals surface area contributed by atoms with Gasteiger partial charge in [0.15, 0.2) is 0 Å². The predicted molar refractivity (Wildman–Crippen MR) is 245 cm³/mol. The number of aromatic amines is 1. The maximum atomic E-state index is 14.0. The first-order valence-electron chi connectivity index (χ1n) is 22.8. The minimum absolute atomic E-state index is 0.0478. The topological polar surface area (TPSA) is 391 Å². The molecule has 24 nitrogen and oxygen atoms in total. The number of imidazole rings is 1. The quantitative estimate of drug-likeness (QED) is 0.0316. The van der Waals surface area contributed by atoms with Gasteiger partial charge in [0.2, 0.25) is 47.3 Å². The third kappa shape index (κ3) is 21.6. The van der Waals surface area contributed by atoms with Crippen molar-refractivity contribution in [3.8, 4) is 0 Å². The zero-order chi connectivity index (χ0) is 51.0. The van der Waals surface area contributed by atoms with Gasteiger partial charge in [-0.1, -0.05) is 61.8 Å². The smallest absolute Gasteiger partial charge is 0.328 e. The summed E-state index contributed by atoms with van der Waals surface area (Å²) in [6.45, 7) is 12.0. The number of aliphatic hydroxyl groups is 2. The number of carboxylic acid groups (broad SMARTS) is 1. The van der Waals surface area contributed by atoms with Crippen LogP contribution in [0.4, 0.5) is 0 Å². The molecule has 16 N–H and O–H groups in total. The van der Waals surface area contributed by atoms with Crippen LogP contribution in [0.25, 0.3) is 0 Å². The minimum Gasteiger partial charge on any atom is -0.480 e. The Bertz CT molecular complexity index is 1760. The first kappa shape index (κ1) is 59.3. The van der Waals surface area contributed by atoms with E-state index in [1.165, 1.54) is 12.5 Å². The van der Waals surface area contributed by atoms with Crippen molar-refractivity contribution in [1.29, 1.82) is 0 Å². The second-order valence-electron chi connectivity index (χ2n) is 17.8. The molecular formula is C43H76N12O12. The maximum absolute atomic E-state index is 14.0. The van der Waals surface area contributed by atoms with Gasteiger partial charge >= 0.3 is 5.97 Å². The Morgan fingerprint density at radius 3 is 1.70 bits per heavy atom. The lowest BCUT2D eigenvalue weighted by Crippen LogP contribution is -2.61. The van der Waals surface area contributed by atoms with Crippen LogP contribution in [0.5, 0.6) is 0 Å². The monoisotopic (exact) mass is 953 g/mol. The summed E-state index contributed by atoms with van der Waals surface area (Å²) in [5, 5.41) is 49.1. The van der Waals surface area contributed by atoms with E-state index in [2.05, 4.69) is 52.5 Å². The normalized spacial score (nSPS) is 15.4. The van der Waals surface area contributed by atoms with E-state index >= 15 is 0 Å². The van der Waals surface area contributed by atoms with E-state index in [9.17, 15) is 58.5 Å². The Hall–Kier alpha value is -5.72. The number of amides is 8. The third-order valence-corrected chi connectivity index (χ3v) is 10.7. The molecule has 0 saturated heterocycles. The van der Waals surface area contributed by atoms with Crippen molar-refractivity contribution in [3.05, 3.63) is 18.2 Å². The number of hydrogen-bond donors (Lipinski definition) is 14. The van der Waals surface area contributed by atoms with Crippen LogP contribution >= 0.6 is 0 Å². The number of carbonyl (C=O) groups is 9. The molecule has 1 aromatic rings. The highest BCUT2D eigenvalue weighted by molar-refractivity contribution is 5.97. The van der Waals surface area contributed by atoms with Crippen LogP contribution in [0.2, 0.25) is 0 Å². The average Bonchev–Trinajstić information content (AvgIpc) is 3.78. The van der Waals surface area contributed by atoms with E-state index in [1.54, 1.807) is 41.5 Å². The number of carbonyl (C=O) groups excluding carboxylic acids is 8. The number of aliphatic carboxylic acids is 1. The van der Waals surface area contributed by atoms with Crippen LogP contribution in [-0.2, 0) is 49.6 Å². The zero-order valence-electron chi connectivity index (χ0n) is 40.0. The number of carboxylic acids is 1. The first-order valence-corrected chi connectivity index (χ1v) is 22.8. The van der Waals surface area contributed by atoms with Crippen molar-refractivity contribution in [2.75, 3.05) is 26.3 Å². The SMILES string of the molecule is CC[C@H](C)[C@H](NC(=O)[C@H](CC(C)C)NC(=O)[C@H](Cc1cnc[nH]1)NC(=O)[C@H](CO)NC(=O)[C@H](CCCCN)NC(=O)CNC(=O)[C@@H](NC(=O)[C@@H](N)CC(C)C)C(C)C)C(=O)N[C@@H](CO)C(=O)O. The molecule has 0 unspecified atom stereocenters. The van der Waals surface area contributed by atoms with Crippen molar-refractivity contribution in [1.82, 2.24) is 52.5 Å². The first-order chi connectivity index (χ1) is 31.5. The summed E-state index contributed by atoms with van der Waals surface area (Å²) < 4.78 is 0. The number of nitrogens with one attached hydrogen (secondary N) is 9. The van der Waals surface area contributed by atoms with Gasteiger partial charge in [0.05, 0.1) is 32.1 Å². The number of unbranched alkanes of at least 4 members (excludes halogenated alkanes) is 1. The molecule has 8 amide bonds. The largest absolute Gasteiger partial charge is 0.480 e. The van der Waals surface area contributed by atoms with Gasteiger partial charge in [0.1, 0.15) is 42.3 Å². The fourth-order valence-corrected chi connectivity index (χ4v) is 6.64. The number of aliphatic hydroxyl groups excluding tert-OH is 2. The Morgan fingerprint density at radius 2 is 1.18 bits per heavy atom. The molecule has 1 aromatic heterocycles. The van der Waals surface area contributed by atoms with Gasteiger partial charge in [-0.15, -0.1) is 0 Å². The second-order valence-corrected chi connectivity index (χ2v) is 17.8. The molecule has 0 aliphatic heterocycles. The molecule has 1 rings (SSSR count). The van der Waals surface area contributed by atoms with Crippen LogP contribution in [0.15, 0.2) is 12.5 Å². The number of nitrogens with zero attached hydrogens (tertiary/aromatic N) is 1. The molecular weight excluding hydrogens is 877 g/mol. The van der Waals surface area contributed by atoms with E-state index in [1.807, 2.05) is 13.8 Å². The average molecular weight is 953 g/mol. The van der Waals surface area contributed by atoms with Crippen molar-refractivity contribution in [2.24, 2.45) is 35.1 Å². The third-order valence-electron chi connectivity index (χ3n) is 10.7. The van der Waals surface area contributed by atoms with Crippen molar-refractivity contribution in [3.63, 3.8) is 0 Å². The van der Waals surface area contributed by atoms with Gasteiger partial charge in [0.25, 0.3) is 0 Å². The van der Waals surface area contributed by atoms with E-state index < -0.39 is 127 Å². The molecule has 0 radical (unpaired) electrons. The van der Waals surface area contributed by atoms with Gasteiger partial charge in [-0.05, 0) is 62.3 Å². The van der Waals surface area contributed by atoms with E-state index in [-0.39, 0.29) is 43.6 Å². The van der Waals surface area contributed by atoms with Gasteiger partial charge < -0.3 is 74.3 Å². The minimum atomic E-state index is -1.66. The highest BCUT2D eigenvalue weighted by Crippen LogP contribution is 2.13. The van der Waals surface area contributed by atoms with Crippen molar-refractivity contribution in [2.45, 2.75) is 149 Å². The Balaban J connectivity index is 3.27. The maximum Gasteiger partial charge on any atom is 0.328 e. The van der Waals surface area contributed by atoms with Crippen LogP contribution in [-0.4, -0.2) is 153 Å². The van der Waals surface area contributed by atoms with E-state index in [4.69, 9.17) is 11.5 Å². The lowest BCUT2D eigenvalue weighted by Gasteiger charge is -2.29. The Kier molecular flexibility index (Phi) is 27.0. The molecule has 380 valence electrons. The number of H-pyrrole nitrogens is 1. The summed E-state index contributed by atoms with van der Waals surface area (Å²) in [7, 11) is 0. The second kappa shape index (κ2) is 30.5. The molecule has 1 heterocycles. The molecule has 9 atom stereocenters. The Labute approximate surface area is 391 Å². The number of aromatic nitrogens is 2. The highest BCUT2D eigenvalue weighted by Gasteiger charge is 2.35. The van der Waals surface area contributed by atoms with Crippen molar-refractivity contribution >= 4 is 53.2 Å². The lowest BCUT2D eigenvalue weighted by molar-refractivity contribution is -0.143. The predicted octanol–water partition coefficient (Wildman–Crippen LogP) is -3.22. The fraction of sp³-hybridized carbons (Fsp3) is 0.721. The summed E-state index contributed by atoms with van der Waals surface area (Å²) in [4.78, 5) is 126. The number of rotatable bonds is 32. The van der Waals surface area contributed by atoms with Crippen LogP contribution in [0.3, 0.4) is 0 Å². The van der Waals surface area contributed by atoms with E-state index in [0.29, 0.717) is 31.4 Å². The molecule has 0 aliphatic carbocycles. The molecule has 0 spiro atoms. The summed E-state index contributed by atoms with van der Waals surface area (Å²) in [6.07, 6.45) is 4.23. The van der Waals surface area contributed by atoms with Crippen LogP contribution in [0, 0.1) is 23.7 Å². The molecule has 67 heavy (non-hydrogen) atoms. The van der Waals surface area contributed by atoms with Crippen LogP contribution < -0.4 is 54.0 Å². The Morgan fingerprint density at radius 1 is 0.642 bits per heavy atom. The standard InChI is InChI=1S/C43H76N12O12/c1-9-25(8)35(42(65)53-32(20-57)43(66)67)55-39(62)29(15-23(4)5)50-38(61)30(16-26-17-46-21-48-26)51-40(63)31(19-56)52-37(60)28(12-10-11-13-44)49-33(58)18-47-41(64)34(24(6)7)54-36(59)27(45)14-22(2)3/h17,21-25,27-32,34-35,56-57H,9-16,18-20,44-45H2,1-8H3,(H,46,48)(H,47,64)(H,49,58)(H,50,61)(H,51,63)(H,52,60)(H,53,65)(H,54,59)(H,55,62)(H,66,67)/t25-,27-,28-,29-,30-,31-,32-,34-,35-/m0/s1. The lowest BCUT2D eigenvalue weighted by atomic mass is 9.96.